The predicted molar refractivity (Wildman–Crippen MR) is 89.6 cm³/mol. The summed E-state index contributed by atoms with van der Waals surface area (Å²) in [4.78, 5) is 36.2. The summed E-state index contributed by atoms with van der Waals surface area (Å²) in [5.41, 5.74) is 0.830. The van der Waals surface area contributed by atoms with E-state index in [9.17, 15) is 19.7 Å². The van der Waals surface area contributed by atoms with Gasteiger partial charge in [0.25, 0.3) is 0 Å². The molecule has 126 valence electrons. The number of aliphatic imine (C=N–C) groups is 1. The fraction of sp³-hybridized carbons (Fsp3) is 0.0625. The number of nitro groups is 1. The Morgan fingerprint density at radius 1 is 1.16 bits per heavy atom. The van der Waals surface area contributed by atoms with Gasteiger partial charge in [-0.3, -0.25) is 19.7 Å². The minimum atomic E-state index is -2.00. The van der Waals surface area contributed by atoms with Crippen LogP contribution in [0.2, 0.25) is 5.02 Å². The first-order chi connectivity index (χ1) is 11.9. The standard InChI is InChI=1S/C16H10ClN3O5/c17-10-3-1-9(2-4-10)12-7-5-11(25-12)6-8-13-18-15(21)14(20(23)24)16(22)19-13/h1-8,14H,(H,18,19,21,22)/b8-6+. The van der Waals surface area contributed by atoms with Crippen molar-refractivity contribution in [3.63, 3.8) is 0 Å². The van der Waals surface area contributed by atoms with Gasteiger partial charge in [-0.25, -0.2) is 0 Å². The zero-order valence-corrected chi connectivity index (χ0v) is 13.3. The van der Waals surface area contributed by atoms with E-state index < -0.39 is 22.8 Å². The van der Waals surface area contributed by atoms with Crippen LogP contribution in [0.25, 0.3) is 17.4 Å². The molecule has 3 rings (SSSR count). The summed E-state index contributed by atoms with van der Waals surface area (Å²) in [6.45, 7) is 0. The molecule has 0 spiro atoms. The maximum atomic E-state index is 11.6. The molecule has 8 nitrogen and oxygen atoms in total. The predicted octanol–water partition coefficient (Wildman–Crippen LogP) is 2.31. The lowest BCUT2D eigenvalue weighted by Gasteiger charge is -2.12. The molecular formula is C16H10ClN3O5. The van der Waals surface area contributed by atoms with Crippen molar-refractivity contribution in [1.82, 2.24) is 5.32 Å². The van der Waals surface area contributed by atoms with E-state index >= 15 is 0 Å². The third-order valence-corrected chi connectivity index (χ3v) is 3.59. The fourth-order valence-corrected chi connectivity index (χ4v) is 2.28. The molecule has 9 heteroatoms. The molecule has 1 aliphatic heterocycles. The van der Waals surface area contributed by atoms with E-state index in [1.807, 2.05) is 0 Å². The average molecular weight is 360 g/mol. The van der Waals surface area contributed by atoms with Gasteiger partial charge in [-0.2, -0.15) is 4.99 Å². The third-order valence-electron chi connectivity index (χ3n) is 3.34. The summed E-state index contributed by atoms with van der Waals surface area (Å²) in [5.74, 6) is -1.17. The van der Waals surface area contributed by atoms with Crippen molar-refractivity contribution in [2.45, 2.75) is 6.04 Å². The molecule has 1 aromatic heterocycles. The molecule has 2 aromatic rings. The van der Waals surface area contributed by atoms with E-state index in [1.165, 1.54) is 12.2 Å². The maximum absolute atomic E-state index is 11.6. The molecule has 1 unspecified atom stereocenters. The van der Waals surface area contributed by atoms with Crippen LogP contribution in [-0.4, -0.2) is 28.6 Å². The van der Waals surface area contributed by atoms with Gasteiger partial charge in [-0.05, 0) is 48.6 Å². The monoisotopic (exact) mass is 359 g/mol. The quantitative estimate of drug-likeness (QED) is 0.511. The van der Waals surface area contributed by atoms with Crippen LogP contribution in [0.1, 0.15) is 5.76 Å². The van der Waals surface area contributed by atoms with Crippen LogP contribution < -0.4 is 5.32 Å². The van der Waals surface area contributed by atoms with Gasteiger partial charge in [-0.15, -0.1) is 0 Å². The van der Waals surface area contributed by atoms with Gasteiger partial charge < -0.3 is 9.73 Å². The van der Waals surface area contributed by atoms with Gasteiger partial charge >= 0.3 is 17.9 Å². The van der Waals surface area contributed by atoms with Gasteiger partial charge in [0.05, 0.1) is 0 Å². The summed E-state index contributed by atoms with van der Waals surface area (Å²) >= 11 is 5.83. The van der Waals surface area contributed by atoms with Crippen molar-refractivity contribution in [2.75, 3.05) is 0 Å². The molecule has 2 heterocycles. The van der Waals surface area contributed by atoms with Crippen LogP contribution in [0.15, 0.2) is 51.9 Å². The van der Waals surface area contributed by atoms with E-state index in [2.05, 4.69) is 10.3 Å². The SMILES string of the molecule is O=C1N=C(/C=C/c2ccc(-c3ccc(Cl)cc3)o2)NC(=O)C1[N+](=O)[O-]. The minimum Gasteiger partial charge on any atom is -0.457 e. The molecule has 0 aliphatic carbocycles. The second kappa shape index (κ2) is 6.70. The Labute approximate surface area is 146 Å². The number of nitrogens with zero attached hydrogens (tertiary/aromatic N) is 2. The number of benzene rings is 1. The van der Waals surface area contributed by atoms with Gasteiger partial charge in [0.2, 0.25) is 0 Å². The lowest BCUT2D eigenvalue weighted by atomic mass is 10.2. The highest BCUT2D eigenvalue weighted by Crippen LogP contribution is 2.24. The van der Waals surface area contributed by atoms with Gasteiger partial charge in [0.1, 0.15) is 17.4 Å². The molecule has 2 amide bonds. The van der Waals surface area contributed by atoms with Crippen LogP contribution in [0, 0.1) is 10.1 Å². The summed E-state index contributed by atoms with van der Waals surface area (Å²) in [5, 5.41) is 13.4. The van der Waals surface area contributed by atoms with Crippen molar-refractivity contribution < 1.29 is 18.9 Å². The maximum Gasteiger partial charge on any atom is 0.368 e. The number of carbonyl (C=O) groups is 2. The van der Waals surface area contributed by atoms with E-state index in [0.717, 1.165) is 5.56 Å². The fourth-order valence-electron chi connectivity index (χ4n) is 2.15. The topological polar surface area (TPSA) is 115 Å². The van der Waals surface area contributed by atoms with Crippen LogP contribution in [0.3, 0.4) is 0 Å². The highest BCUT2D eigenvalue weighted by Gasteiger charge is 2.41. The van der Waals surface area contributed by atoms with E-state index in [4.69, 9.17) is 16.0 Å². The Balaban J connectivity index is 1.76. The highest BCUT2D eigenvalue weighted by atomic mass is 35.5. The first-order valence-electron chi connectivity index (χ1n) is 7.05. The first-order valence-corrected chi connectivity index (χ1v) is 7.42. The summed E-state index contributed by atoms with van der Waals surface area (Å²) in [6.07, 6.45) is 2.81. The minimum absolute atomic E-state index is 0.0856. The van der Waals surface area contributed by atoms with Crippen molar-refractivity contribution in [3.05, 3.63) is 63.4 Å². The third kappa shape index (κ3) is 3.64. The van der Waals surface area contributed by atoms with Crippen molar-refractivity contribution >= 4 is 35.3 Å². The Bertz CT molecular complexity index is 914. The number of amides is 2. The highest BCUT2D eigenvalue weighted by molar-refractivity contribution is 6.30. The molecule has 0 fully saturated rings. The number of halogens is 1. The Morgan fingerprint density at radius 2 is 1.88 bits per heavy atom. The molecule has 1 aliphatic rings. The second-order valence-corrected chi connectivity index (χ2v) is 5.49. The normalized spacial score (nSPS) is 17.5. The summed E-state index contributed by atoms with van der Waals surface area (Å²) < 4.78 is 5.62. The average Bonchev–Trinajstić information content (AvgIpc) is 3.01. The van der Waals surface area contributed by atoms with Gasteiger partial charge in [0, 0.05) is 15.5 Å². The van der Waals surface area contributed by atoms with E-state index in [-0.39, 0.29) is 5.84 Å². The molecule has 25 heavy (non-hydrogen) atoms. The van der Waals surface area contributed by atoms with Crippen molar-refractivity contribution in [3.8, 4) is 11.3 Å². The van der Waals surface area contributed by atoms with Crippen molar-refractivity contribution in [1.29, 1.82) is 0 Å². The molecule has 0 bridgehead atoms. The van der Waals surface area contributed by atoms with E-state index in [0.29, 0.717) is 16.5 Å². The number of hydrogen-bond acceptors (Lipinski definition) is 5. The largest absolute Gasteiger partial charge is 0.457 e. The Morgan fingerprint density at radius 3 is 2.52 bits per heavy atom. The first kappa shape index (κ1) is 16.6. The molecular weight excluding hydrogens is 350 g/mol. The Hall–Kier alpha value is -3.26. The lowest BCUT2D eigenvalue weighted by Crippen LogP contribution is -2.50. The smallest absolute Gasteiger partial charge is 0.368 e. The summed E-state index contributed by atoms with van der Waals surface area (Å²) in [6, 6.07) is 8.51. The molecule has 1 aromatic carbocycles. The number of rotatable bonds is 4. The zero-order chi connectivity index (χ0) is 18.0. The molecule has 1 atom stereocenters. The number of furan rings is 1. The zero-order valence-electron chi connectivity index (χ0n) is 12.5. The van der Waals surface area contributed by atoms with Gasteiger partial charge in [0.15, 0.2) is 0 Å². The molecule has 0 radical (unpaired) electrons. The van der Waals surface area contributed by atoms with Crippen LogP contribution >= 0.6 is 11.6 Å². The lowest BCUT2D eigenvalue weighted by molar-refractivity contribution is -0.493. The van der Waals surface area contributed by atoms with Crippen LogP contribution in [-0.2, 0) is 9.59 Å². The molecule has 0 saturated heterocycles. The number of nitrogens with one attached hydrogen (secondary N) is 1. The van der Waals surface area contributed by atoms with Crippen LogP contribution in [0.5, 0.6) is 0 Å². The van der Waals surface area contributed by atoms with Gasteiger partial charge in [-0.1, -0.05) is 11.6 Å². The van der Waals surface area contributed by atoms with Crippen LogP contribution in [0.4, 0.5) is 0 Å². The number of amidine groups is 1. The molecule has 1 N–H and O–H groups in total. The van der Waals surface area contributed by atoms with E-state index in [1.54, 1.807) is 36.4 Å². The number of carbonyl (C=O) groups excluding carboxylic acids is 2. The second-order valence-electron chi connectivity index (χ2n) is 5.05. The number of hydrogen-bond donors (Lipinski definition) is 1. The Kier molecular flexibility index (Phi) is 4.44. The van der Waals surface area contributed by atoms with Crippen molar-refractivity contribution in [2.24, 2.45) is 4.99 Å². The summed E-state index contributed by atoms with van der Waals surface area (Å²) in [7, 11) is 0. The molecule has 0 saturated carbocycles.